The lowest BCUT2D eigenvalue weighted by molar-refractivity contribution is 0.0311. The quantitative estimate of drug-likeness (QED) is 0.823. The van der Waals surface area contributed by atoms with Crippen LogP contribution in [0.25, 0.3) is 0 Å². The number of carbonyl (C=O) groups is 1. The smallest absolute Gasteiger partial charge is 0.276 e. The van der Waals surface area contributed by atoms with E-state index in [1.54, 1.807) is 29.6 Å². The zero-order valence-corrected chi connectivity index (χ0v) is 13.0. The molecule has 0 radical (unpaired) electrons. The van der Waals surface area contributed by atoms with Crippen LogP contribution in [-0.2, 0) is 0 Å². The van der Waals surface area contributed by atoms with E-state index in [2.05, 4.69) is 15.6 Å². The molecule has 0 atom stereocenters. The first-order valence-electron chi connectivity index (χ1n) is 7.55. The lowest BCUT2D eigenvalue weighted by Crippen LogP contribution is -2.42. The molecule has 1 fully saturated rings. The standard InChI is InChI=1S/C14H25N5O2/c1-4-18(10-14(2,3)21)13(20)12-9-19(17-16-12)11-5-7-15-8-6-11/h9,11,15,21H,4-8,10H2,1-3H3. The molecule has 7 heteroatoms. The van der Waals surface area contributed by atoms with Crippen LogP contribution in [0.4, 0.5) is 0 Å². The van der Waals surface area contributed by atoms with Gasteiger partial charge in [0.2, 0.25) is 0 Å². The summed E-state index contributed by atoms with van der Waals surface area (Å²) in [5, 5.41) is 21.3. The average Bonchev–Trinajstić information content (AvgIpc) is 2.94. The van der Waals surface area contributed by atoms with Gasteiger partial charge in [0.25, 0.3) is 5.91 Å². The molecule has 0 saturated carbocycles. The zero-order valence-electron chi connectivity index (χ0n) is 13.0. The minimum Gasteiger partial charge on any atom is -0.389 e. The van der Waals surface area contributed by atoms with Crippen LogP contribution >= 0.6 is 0 Å². The number of nitrogens with one attached hydrogen (secondary N) is 1. The molecule has 2 N–H and O–H groups in total. The number of hydrogen-bond donors (Lipinski definition) is 2. The first-order chi connectivity index (χ1) is 9.90. The Morgan fingerprint density at radius 2 is 2.19 bits per heavy atom. The van der Waals surface area contributed by atoms with Gasteiger partial charge in [0, 0.05) is 13.1 Å². The molecule has 1 aliphatic heterocycles. The number of likely N-dealkylation sites (N-methyl/N-ethyl adjacent to an activating group) is 1. The third kappa shape index (κ3) is 4.25. The monoisotopic (exact) mass is 295 g/mol. The molecule has 2 rings (SSSR count). The van der Waals surface area contributed by atoms with Gasteiger partial charge in [-0.15, -0.1) is 5.10 Å². The van der Waals surface area contributed by atoms with Crippen molar-refractivity contribution in [2.45, 2.75) is 45.3 Å². The molecule has 0 aliphatic carbocycles. The SMILES string of the molecule is CCN(CC(C)(C)O)C(=O)c1cn(C2CCNCC2)nn1. The van der Waals surface area contributed by atoms with Gasteiger partial charge < -0.3 is 15.3 Å². The normalized spacial score (nSPS) is 17.0. The molecule has 1 aromatic rings. The number of hydrogen-bond acceptors (Lipinski definition) is 5. The van der Waals surface area contributed by atoms with Gasteiger partial charge in [-0.1, -0.05) is 5.21 Å². The lowest BCUT2D eigenvalue weighted by atomic mass is 10.1. The van der Waals surface area contributed by atoms with Crippen LogP contribution in [0.5, 0.6) is 0 Å². The summed E-state index contributed by atoms with van der Waals surface area (Å²) in [5.74, 6) is -0.181. The number of nitrogens with zero attached hydrogens (tertiary/aromatic N) is 4. The van der Waals surface area contributed by atoms with E-state index < -0.39 is 5.60 Å². The summed E-state index contributed by atoms with van der Waals surface area (Å²) < 4.78 is 1.80. The highest BCUT2D eigenvalue weighted by atomic mass is 16.3. The maximum Gasteiger partial charge on any atom is 0.276 e. The molecular formula is C14H25N5O2. The Balaban J connectivity index is 2.06. The van der Waals surface area contributed by atoms with Crippen molar-refractivity contribution in [1.82, 2.24) is 25.2 Å². The van der Waals surface area contributed by atoms with Gasteiger partial charge in [-0.05, 0) is 46.7 Å². The van der Waals surface area contributed by atoms with E-state index in [0.717, 1.165) is 25.9 Å². The highest BCUT2D eigenvalue weighted by Gasteiger charge is 2.25. The Hall–Kier alpha value is -1.47. The van der Waals surface area contributed by atoms with Crippen molar-refractivity contribution >= 4 is 5.91 Å². The van der Waals surface area contributed by atoms with Crippen LogP contribution < -0.4 is 5.32 Å². The van der Waals surface area contributed by atoms with Gasteiger partial charge >= 0.3 is 0 Å². The molecule has 0 unspecified atom stereocenters. The second kappa shape index (κ2) is 6.53. The number of amides is 1. The molecule has 2 heterocycles. The van der Waals surface area contributed by atoms with Gasteiger partial charge in [0.05, 0.1) is 17.8 Å². The highest BCUT2D eigenvalue weighted by Crippen LogP contribution is 2.17. The van der Waals surface area contributed by atoms with E-state index in [1.807, 2.05) is 6.92 Å². The van der Waals surface area contributed by atoms with E-state index >= 15 is 0 Å². The Morgan fingerprint density at radius 1 is 1.52 bits per heavy atom. The van der Waals surface area contributed by atoms with Gasteiger partial charge in [0.1, 0.15) is 0 Å². The number of carbonyl (C=O) groups excluding carboxylic acids is 1. The fraction of sp³-hybridized carbons (Fsp3) is 0.786. The summed E-state index contributed by atoms with van der Waals surface area (Å²) in [6, 6.07) is 0.310. The van der Waals surface area contributed by atoms with Crippen LogP contribution in [-0.4, -0.2) is 62.7 Å². The van der Waals surface area contributed by atoms with Crippen LogP contribution in [0, 0.1) is 0 Å². The van der Waals surface area contributed by atoms with Gasteiger partial charge in [-0.25, -0.2) is 4.68 Å². The first kappa shape index (κ1) is 15.9. The largest absolute Gasteiger partial charge is 0.389 e. The maximum atomic E-state index is 12.4. The Bertz CT molecular complexity index is 474. The van der Waals surface area contributed by atoms with Crippen molar-refractivity contribution in [2.75, 3.05) is 26.2 Å². The maximum absolute atomic E-state index is 12.4. The summed E-state index contributed by atoms with van der Waals surface area (Å²) in [4.78, 5) is 14.0. The fourth-order valence-electron chi connectivity index (χ4n) is 2.58. The van der Waals surface area contributed by atoms with Gasteiger partial charge in [0.15, 0.2) is 5.69 Å². The van der Waals surface area contributed by atoms with Crippen LogP contribution in [0.15, 0.2) is 6.20 Å². The molecule has 1 saturated heterocycles. The van der Waals surface area contributed by atoms with E-state index in [0.29, 0.717) is 18.3 Å². The van der Waals surface area contributed by atoms with Crippen molar-refractivity contribution < 1.29 is 9.90 Å². The number of aliphatic hydroxyl groups is 1. The molecule has 21 heavy (non-hydrogen) atoms. The van der Waals surface area contributed by atoms with E-state index in [-0.39, 0.29) is 12.5 Å². The van der Waals surface area contributed by atoms with Gasteiger partial charge in [-0.3, -0.25) is 4.79 Å². The second-order valence-corrected chi connectivity index (χ2v) is 6.20. The van der Waals surface area contributed by atoms with Gasteiger partial charge in [-0.2, -0.15) is 0 Å². The molecule has 118 valence electrons. The van der Waals surface area contributed by atoms with Crippen molar-refractivity contribution in [1.29, 1.82) is 0 Å². The predicted molar refractivity (Wildman–Crippen MR) is 79.0 cm³/mol. The van der Waals surface area contributed by atoms with Crippen LogP contribution in [0.1, 0.15) is 50.1 Å². The Morgan fingerprint density at radius 3 is 2.76 bits per heavy atom. The summed E-state index contributed by atoms with van der Waals surface area (Å²) >= 11 is 0. The molecule has 0 spiro atoms. The lowest BCUT2D eigenvalue weighted by Gasteiger charge is -2.27. The molecule has 7 nitrogen and oxygen atoms in total. The van der Waals surface area contributed by atoms with Crippen molar-refractivity contribution in [3.05, 3.63) is 11.9 Å². The molecule has 0 bridgehead atoms. The molecule has 0 aromatic carbocycles. The first-order valence-corrected chi connectivity index (χ1v) is 7.55. The second-order valence-electron chi connectivity index (χ2n) is 6.20. The number of rotatable bonds is 5. The molecular weight excluding hydrogens is 270 g/mol. The summed E-state index contributed by atoms with van der Waals surface area (Å²) in [6.07, 6.45) is 3.72. The number of piperidine rings is 1. The summed E-state index contributed by atoms with van der Waals surface area (Å²) in [6.45, 7) is 8.01. The third-order valence-corrected chi connectivity index (χ3v) is 3.66. The Kier molecular flexibility index (Phi) is 4.95. The van der Waals surface area contributed by atoms with E-state index in [1.165, 1.54) is 0 Å². The predicted octanol–water partition coefficient (Wildman–Crippen LogP) is 0.436. The van der Waals surface area contributed by atoms with Crippen LogP contribution in [0.2, 0.25) is 0 Å². The molecule has 1 amide bonds. The van der Waals surface area contributed by atoms with Crippen molar-refractivity contribution in [3.63, 3.8) is 0 Å². The topological polar surface area (TPSA) is 83.3 Å². The summed E-state index contributed by atoms with van der Waals surface area (Å²) in [7, 11) is 0. The molecule has 1 aliphatic rings. The van der Waals surface area contributed by atoms with Crippen molar-refractivity contribution in [2.24, 2.45) is 0 Å². The minimum atomic E-state index is -0.920. The zero-order chi connectivity index (χ0) is 15.5. The third-order valence-electron chi connectivity index (χ3n) is 3.66. The summed E-state index contributed by atoms with van der Waals surface area (Å²) in [5.41, 5.74) is -0.573. The highest BCUT2D eigenvalue weighted by molar-refractivity contribution is 5.91. The van der Waals surface area contributed by atoms with E-state index in [4.69, 9.17) is 0 Å². The fourth-order valence-corrected chi connectivity index (χ4v) is 2.58. The molecule has 1 aromatic heterocycles. The van der Waals surface area contributed by atoms with Crippen LogP contribution in [0.3, 0.4) is 0 Å². The average molecular weight is 295 g/mol. The minimum absolute atomic E-state index is 0.181. The number of aromatic nitrogens is 3. The van der Waals surface area contributed by atoms with E-state index in [9.17, 15) is 9.90 Å². The Labute approximate surface area is 125 Å². The van der Waals surface area contributed by atoms with Crippen molar-refractivity contribution in [3.8, 4) is 0 Å².